The number of aliphatic carboxylic acids is 2. The lowest BCUT2D eigenvalue weighted by Crippen LogP contribution is -2.40. The number of likely N-dealkylation sites (tertiary alicyclic amines) is 3. The number of carbonyl (C=O) groups excluding carboxylic acids is 2. The summed E-state index contributed by atoms with van der Waals surface area (Å²) in [6.07, 6.45) is 2.62. The number of alkyl halides is 1. The van der Waals surface area contributed by atoms with Crippen molar-refractivity contribution in [2.45, 2.75) is 105 Å². The van der Waals surface area contributed by atoms with Crippen LogP contribution in [0.3, 0.4) is 0 Å². The van der Waals surface area contributed by atoms with Gasteiger partial charge in [-0.05, 0) is 65.5 Å². The summed E-state index contributed by atoms with van der Waals surface area (Å²) in [6.45, 7) is 20.4. The van der Waals surface area contributed by atoms with Crippen LogP contribution < -0.4 is 5.73 Å². The third-order valence-electron chi connectivity index (χ3n) is 7.95. The number of carbonyl (C=O) groups is 4. The second-order valence-corrected chi connectivity index (χ2v) is 13.4. The second-order valence-electron chi connectivity index (χ2n) is 13.0. The molecule has 3 rings (SSSR count). The molecule has 0 radical (unpaired) electrons. The van der Waals surface area contributed by atoms with E-state index < -0.39 is 17.9 Å². The minimum Gasteiger partial charge on any atom is -0.481 e. The highest BCUT2D eigenvalue weighted by Gasteiger charge is 2.38. The third-order valence-corrected chi connectivity index (χ3v) is 8.40. The molecular weight excluding hydrogens is 620 g/mol. The van der Waals surface area contributed by atoms with Gasteiger partial charge >= 0.3 is 11.9 Å². The zero-order valence-corrected chi connectivity index (χ0v) is 30.0. The summed E-state index contributed by atoms with van der Waals surface area (Å²) >= 11 is 5.74. The molecule has 0 spiro atoms. The maximum atomic E-state index is 11.3. The van der Waals surface area contributed by atoms with Crippen LogP contribution in [-0.4, -0.2) is 140 Å². The van der Waals surface area contributed by atoms with Gasteiger partial charge in [0, 0.05) is 49.4 Å². The lowest BCUT2D eigenvalue weighted by molar-refractivity contribution is -0.147. The summed E-state index contributed by atoms with van der Waals surface area (Å²) in [7, 11) is 0. The summed E-state index contributed by atoms with van der Waals surface area (Å²) in [6, 6.07) is 0.501. The van der Waals surface area contributed by atoms with Crippen LogP contribution >= 0.6 is 11.6 Å². The minimum atomic E-state index is -1.08. The number of rotatable bonds is 10. The van der Waals surface area contributed by atoms with E-state index in [9.17, 15) is 19.2 Å². The van der Waals surface area contributed by atoms with E-state index >= 15 is 0 Å². The molecule has 0 aromatic heterocycles. The van der Waals surface area contributed by atoms with E-state index in [1.807, 2.05) is 0 Å². The van der Waals surface area contributed by atoms with Crippen LogP contribution in [0.1, 0.15) is 81.1 Å². The Balaban J connectivity index is 0. The van der Waals surface area contributed by atoms with Gasteiger partial charge in [-0.15, -0.1) is 11.6 Å². The number of halogens is 1. The van der Waals surface area contributed by atoms with Crippen LogP contribution in [-0.2, 0) is 19.2 Å². The number of nitrogens with two attached hydrogens (primary N) is 1. The van der Waals surface area contributed by atoms with Crippen LogP contribution in [0.5, 0.6) is 0 Å². The van der Waals surface area contributed by atoms with E-state index in [-0.39, 0.29) is 55.9 Å². The molecule has 0 unspecified atom stereocenters. The van der Waals surface area contributed by atoms with Gasteiger partial charge in [-0.3, -0.25) is 33.9 Å². The SMILES string of the molecule is C[C@@H]1CC(=O)N([C@@H](C)CO)C1=O.C[C@@H]1CCN([C@@H](C)CCl)C1.C[C@@H]1CCN([C@@H](C)CO)C1.C[C@H](CC(=O)O)C(=O)O.C[C@H](N)CO. The van der Waals surface area contributed by atoms with Crippen molar-refractivity contribution >= 4 is 35.4 Å². The predicted molar refractivity (Wildman–Crippen MR) is 179 cm³/mol. The molecule has 0 aromatic rings. The lowest BCUT2D eigenvalue weighted by atomic mass is 10.1. The molecule has 8 atom stereocenters. The smallest absolute Gasteiger partial charge is 0.306 e. The normalized spacial score (nSPS) is 24.5. The van der Waals surface area contributed by atoms with E-state index in [4.69, 9.17) is 42.9 Å². The average Bonchev–Trinajstić information content (AvgIpc) is 3.71. The molecule has 13 nitrogen and oxygen atoms in total. The Labute approximate surface area is 281 Å². The Morgan fingerprint density at radius 3 is 1.50 bits per heavy atom. The van der Waals surface area contributed by atoms with Crippen LogP contribution in [0.2, 0.25) is 0 Å². The Kier molecular flexibility index (Phi) is 25.3. The van der Waals surface area contributed by atoms with E-state index in [1.165, 1.54) is 45.9 Å². The summed E-state index contributed by atoms with van der Waals surface area (Å²) < 4.78 is 0. The standard InChI is InChI=1S/C8H16ClN.C8H13NO3.C8H17NO.C5H8O4.C3H9NO/c1-7-3-4-10(6-7)8(2)5-9;1-5-3-7(11)9(8(5)12)6(2)4-10;1-7-3-4-9(5-7)8(2)6-10;1-3(5(8)9)2-4(6)7;1-3(4)2-5/h7-8H,3-6H2,1-2H3;5-6,10H,3-4H2,1-2H3;7-8,10H,3-6H2,1-2H3;3H,2H2,1H3,(H,6,7)(H,8,9);3,5H,2,4H2,1H3/t7-,8+;5-,6+;7-,8+;2*3-/m11110/s1. The van der Waals surface area contributed by atoms with Crippen LogP contribution in [0.25, 0.3) is 0 Å². The van der Waals surface area contributed by atoms with Gasteiger partial charge in [0.1, 0.15) is 0 Å². The summed E-state index contributed by atoms with van der Waals surface area (Å²) in [5.41, 5.74) is 5.04. The van der Waals surface area contributed by atoms with Gasteiger partial charge < -0.3 is 31.3 Å². The molecule has 7 N–H and O–H groups in total. The van der Waals surface area contributed by atoms with Gasteiger partial charge in [0.2, 0.25) is 11.8 Å². The maximum absolute atomic E-state index is 11.3. The summed E-state index contributed by atoms with van der Waals surface area (Å²) in [5.74, 6) is -1.02. The third kappa shape index (κ3) is 19.7. The molecule has 46 heavy (non-hydrogen) atoms. The molecule has 3 aliphatic rings. The summed E-state index contributed by atoms with van der Waals surface area (Å²) in [5, 5.41) is 41.9. The number of hydrogen-bond donors (Lipinski definition) is 6. The quantitative estimate of drug-likeness (QED) is 0.144. The minimum absolute atomic E-state index is 0.0602. The van der Waals surface area contributed by atoms with Gasteiger partial charge in [0.15, 0.2) is 0 Å². The molecule has 3 fully saturated rings. The van der Waals surface area contributed by atoms with Gasteiger partial charge in [-0.2, -0.15) is 0 Å². The first-order chi connectivity index (χ1) is 21.4. The number of aliphatic hydroxyl groups excluding tert-OH is 3. The number of aliphatic hydroxyl groups is 3. The van der Waals surface area contributed by atoms with E-state index in [0.29, 0.717) is 18.7 Å². The van der Waals surface area contributed by atoms with Gasteiger partial charge in [-0.25, -0.2) is 0 Å². The molecular formula is C32H63ClN4O9. The number of hydrogen-bond acceptors (Lipinski definition) is 10. The molecule has 0 aliphatic carbocycles. The Morgan fingerprint density at radius 2 is 1.26 bits per heavy atom. The lowest BCUT2D eigenvalue weighted by Gasteiger charge is -2.21. The Morgan fingerprint density at radius 1 is 0.826 bits per heavy atom. The highest BCUT2D eigenvalue weighted by molar-refractivity contribution is 6.18. The first kappa shape index (κ1) is 46.2. The van der Waals surface area contributed by atoms with Crippen molar-refractivity contribution in [3.05, 3.63) is 0 Å². The van der Waals surface area contributed by atoms with Gasteiger partial charge in [-0.1, -0.05) is 27.7 Å². The first-order valence-corrected chi connectivity index (χ1v) is 16.8. The summed E-state index contributed by atoms with van der Waals surface area (Å²) in [4.78, 5) is 48.3. The van der Waals surface area contributed by atoms with Crippen LogP contribution in [0.15, 0.2) is 0 Å². The number of amides is 2. The molecule has 3 saturated heterocycles. The average molecular weight is 683 g/mol. The molecule has 0 saturated carbocycles. The number of nitrogens with zero attached hydrogens (tertiary/aromatic N) is 3. The van der Waals surface area contributed by atoms with Crippen molar-refractivity contribution in [2.75, 3.05) is 51.9 Å². The fourth-order valence-corrected chi connectivity index (χ4v) is 4.85. The number of imide groups is 1. The molecule has 272 valence electrons. The van der Waals surface area contributed by atoms with Crippen LogP contribution in [0.4, 0.5) is 0 Å². The first-order valence-electron chi connectivity index (χ1n) is 16.3. The topological polar surface area (TPSA) is 205 Å². The van der Waals surface area contributed by atoms with Gasteiger partial charge in [0.25, 0.3) is 0 Å². The Bertz CT molecular complexity index is 857. The monoisotopic (exact) mass is 682 g/mol. The van der Waals surface area contributed by atoms with Crippen molar-refractivity contribution in [3.63, 3.8) is 0 Å². The molecule has 14 heteroatoms. The zero-order valence-electron chi connectivity index (χ0n) is 29.3. The van der Waals surface area contributed by atoms with Crippen LogP contribution in [0, 0.1) is 23.7 Å². The highest BCUT2D eigenvalue weighted by atomic mass is 35.5. The van der Waals surface area contributed by atoms with E-state index in [0.717, 1.165) is 22.6 Å². The van der Waals surface area contributed by atoms with E-state index in [1.54, 1.807) is 20.8 Å². The maximum Gasteiger partial charge on any atom is 0.306 e. The second kappa shape index (κ2) is 25.2. The van der Waals surface area contributed by atoms with E-state index in [2.05, 4.69) is 37.5 Å². The molecule has 3 aliphatic heterocycles. The van der Waals surface area contributed by atoms with Crippen molar-refractivity contribution in [1.29, 1.82) is 0 Å². The largest absolute Gasteiger partial charge is 0.481 e. The van der Waals surface area contributed by atoms with Crippen molar-refractivity contribution in [3.8, 4) is 0 Å². The fourth-order valence-electron chi connectivity index (χ4n) is 4.65. The molecule has 2 amide bonds. The highest BCUT2D eigenvalue weighted by Crippen LogP contribution is 2.21. The zero-order chi connectivity index (χ0) is 36.1. The fraction of sp³-hybridized carbons (Fsp3) is 0.875. The van der Waals surface area contributed by atoms with Crippen molar-refractivity contribution in [1.82, 2.24) is 14.7 Å². The number of carboxylic acids is 2. The van der Waals surface area contributed by atoms with Crippen molar-refractivity contribution in [2.24, 2.45) is 29.4 Å². The molecule has 0 aromatic carbocycles. The van der Waals surface area contributed by atoms with Gasteiger partial charge in [0.05, 0.1) is 38.2 Å². The number of carboxylic acid groups (broad SMARTS) is 2. The molecule has 3 heterocycles. The molecule has 0 bridgehead atoms. The predicted octanol–water partition coefficient (Wildman–Crippen LogP) is 1.93. The Hall–Kier alpha value is -1.87. The van der Waals surface area contributed by atoms with Crippen molar-refractivity contribution < 1.29 is 44.7 Å².